The predicted molar refractivity (Wildman–Crippen MR) is 101 cm³/mol. The van der Waals surface area contributed by atoms with Gasteiger partial charge in [0.25, 0.3) is 0 Å². The summed E-state index contributed by atoms with van der Waals surface area (Å²) in [5.74, 6) is -1.98. The molecule has 0 fully saturated rings. The number of sulfone groups is 1. The molecule has 0 saturated heterocycles. The number of hydrogen-bond donors (Lipinski definition) is 0. The average Bonchev–Trinajstić information content (AvgIpc) is 2.99. The lowest BCUT2D eigenvalue weighted by atomic mass is 10.2. The van der Waals surface area contributed by atoms with Crippen LogP contribution in [0, 0.1) is 11.6 Å². The van der Waals surface area contributed by atoms with Crippen LogP contribution < -0.4 is 0 Å². The standard InChI is InChI=1S/C19H17F2NO3S2/c20-15-6-7-18(17(21)10-15)26-12-19(23)22(11-14-4-2-1-3-5-14)16-8-9-27(24,25)13-16/h1-10,16H,11-13H2/t16-/m0/s1. The minimum Gasteiger partial charge on any atom is -0.330 e. The van der Waals surface area contributed by atoms with Gasteiger partial charge in [0, 0.05) is 22.9 Å². The van der Waals surface area contributed by atoms with E-state index in [-0.39, 0.29) is 28.9 Å². The van der Waals surface area contributed by atoms with Crippen LogP contribution in [-0.4, -0.2) is 36.8 Å². The van der Waals surface area contributed by atoms with Crippen LogP contribution in [0.4, 0.5) is 8.78 Å². The van der Waals surface area contributed by atoms with Gasteiger partial charge in [-0.2, -0.15) is 0 Å². The summed E-state index contributed by atoms with van der Waals surface area (Å²) in [5.41, 5.74) is 0.863. The van der Waals surface area contributed by atoms with Crippen molar-refractivity contribution in [3.05, 3.63) is 77.2 Å². The monoisotopic (exact) mass is 409 g/mol. The Morgan fingerprint density at radius 3 is 2.52 bits per heavy atom. The Morgan fingerprint density at radius 1 is 1.15 bits per heavy atom. The Labute approximate surface area is 160 Å². The van der Waals surface area contributed by atoms with Gasteiger partial charge in [-0.3, -0.25) is 4.79 Å². The number of hydrogen-bond acceptors (Lipinski definition) is 4. The van der Waals surface area contributed by atoms with Crippen LogP contribution in [0.5, 0.6) is 0 Å². The lowest BCUT2D eigenvalue weighted by Gasteiger charge is -2.27. The maximum absolute atomic E-state index is 13.8. The molecule has 8 heteroatoms. The molecule has 0 aromatic heterocycles. The molecule has 142 valence electrons. The Bertz CT molecular complexity index is 962. The zero-order valence-corrected chi connectivity index (χ0v) is 15.8. The van der Waals surface area contributed by atoms with Crippen LogP contribution in [0.1, 0.15) is 5.56 Å². The molecule has 0 saturated carbocycles. The normalized spacial score (nSPS) is 17.8. The highest BCUT2D eigenvalue weighted by molar-refractivity contribution is 8.00. The third kappa shape index (κ3) is 5.17. The summed E-state index contributed by atoms with van der Waals surface area (Å²) in [4.78, 5) is 14.4. The molecule has 4 nitrogen and oxygen atoms in total. The summed E-state index contributed by atoms with van der Waals surface area (Å²) in [5, 5.41) is 1.12. The number of benzene rings is 2. The third-order valence-electron chi connectivity index (χ3n) is 4.07. The lowest BCUT2D eigenvalue weighted by molar-refractivity contribution is -0.130. The molecule has 1 atom stereocenters. The molecule has 0 spiro atoms. The molecule has 2 aromatic rings. The van der Waals surface area contributed by atoms with E-state index in [1.54, 1.807) is 0 Å². The molecule has 1 aliphatic heterocycles. The number of rotatable bonds is 6. The van der Waals surface area contributed by atoms with Crippen molar-refractivity contribution in [3.63, 3.8) is 0 Å². The van der Waals surface area contributed by atoms with Gasteiger partial charge >= 0.3 is 0 Å². The van der Waals surface area contributed by atoms with Crippen molar-refractivity contribution in [2.75, 3.05) is 11.5 Å². The number of carbonyl (C=O) groups is 1. The summed E-state index contributed by atoms with van der Waals surface area (Å²) < 4.78 is 50.3. The number of amides is 1. The molecule has 0 radical (unpaired) electrons. The summed E-state index contributed by atoms with van der Waals surface area (Å²) in [6.07, 6.45) is 1.50. The molecule has 0 N–H and O–H groups in total. The third-order valence-corrected chi connectivity index (χ3v) is 6.48. The first-order chi connectivity index (χ1) is 12.8. The van der Waals surface area contributed by atoms with Crippen molar-refractivity contribution in [1.29, 1.82) is 0 Å². The molecule has 1 aliphatic rings. The fraction of sp³-hybridized carbons (Fsp3) is 0.211. The fourth-order valence-electron chi connectivity index (χ4n) is 2.74. The highest BCUT2D eigenvalue weighted by Crippen LogP contribution is 2.25. The Kier molecular flexibility index (Phi) is 5.96. The van der Waals surface area contributed by atoms with Gasteiger partial charge in [-0.25, -0.2) is 17.2 Å². The fourth-order valence-corrected chi connectivity index (χ4v) is 4.84. The van der Waals surface area contributed by atoms with E-state index in [0.717, 1.165) is 34.9 Å². The van der Waals surface area contributed by atoms with Gasteiger partial charge < -0.3 is 4.90 Å². The summed E-state index contributed by atoms with van der Waals surface area (Å²) >= 11 is 0.955. The van der Waals surface area contributed by atoms with E-state index in [4.69, 9.17) is 0 Å². The largest absolute Gasteiger partial charge is 0.330 e. The molecule has 1 heterocycles. The SMILES string of the molecule is O=C(CSc1ccc(F)cc1F)N(Cc1ccccc1)[C@H]1C=CS(=O)(=O)C1. The average molecular weight is 409 g/mol. The van der Waals surface area contributed by atoms with Crippen molar-refractivity contribution in [2.45, 2.75) is 17.5 Å². The minimum absolute atomic E-state index is 0.0836. The Hall–Kier alpha value is -2.19. The van der Waals surface area contributed by atoms with Crippen LogP contribution in [-0.2, 0) is 21.2 Å². The maximum atomic E-state index is 13.8. The first-order valence-corrected chi connectivity index (χ1v) is 10.9. The molecule has 3 rings (SSSR count). The van der Waals surface area contributed by atoms with Crippen LogP contribution in [0.3, 0.4) is 0 Å². The van der Waals surface area contributed by atoms with Gasteiger partial charge in [0.1, 0.15) is 11.6 Å². The van der Waals surface area contributed by atoms with Crippen molar-refractivity contribution in [2.24, 2.45) is 0 Å². The van der Waals surface area contributed by atoms with Gasteiger partial charge in [0.15, 0.2) is 9.84 Å². The molecule has 1 amide bonds. The zero-order chi connectivity index (χ0) is 19.4. The first-order valence-electron chi connectivity index (χ1n) is 8.16. The van der Waals surface area contributed by atoms with Gasteiger partial charge in [-0.15, -0.1) is 11.8 Å². The smallest absolute Gasteiger partial charge is 0.233 e. The zero-order valence-electron chi connectivity index (χ0n) is 14.2. The topological polar surface area (TPSA) is 54.5 Å². The van der Waals surface area contributed by atoms with Crippen LogP contribution in [0.25, 0.3) is 0 Å². The summed E-state index contributed by atoms with van der Waals surface area (Å²) in [6, 6.07) is 11.8. The number of carbonyl (C=O) groups excluding carboxylic acids is 1. The number of halogens is 2. The molecular weight excluding hydrogens is 392 g/mol. The summed E-state index contributed by atoms with van der Waals surface area (Å²) in [6.45, 7) is 0.247. The van der Waals surface area contributed by atoms with E-state index in [9.17, 15) is 22.0 Å². The van der Waals surface area contributed by atoms with Gasteiger partial charge in [0.2, 0.25) is 5.91 Å². The number of nitrogens with zero attached hydrogens (tertiary/aromatic N) is 1. The quantitative estimate of drug-likeness (QED) is 0.687. The Balaban J connectivity index is 1.75. The van der Waals surface area contributed by atoms with Gasteiger partial charge in [-0.05, 0) is 23.8 Å². The minimum atomic E-state index is -3.33. The number of thioether (sulfide) groups is 1. The Morgan fingerprint density at radius 2 is 1.89 bits per heavy atom. The maximum Gasteiger partial charge on any atom is 0.233 e. The van der Waals surface area contributed by atoms with Crippen molar-refractivity contribution >= 4 is 27.5 Å². The molecule has 0 unspecified atom stereocenters. The highest BCUT2D eigenvalue weighted by Gasteiger charge is 2.30. The van der Waals surface area contributed by atoms with E-state index in [1.807, 2.05) is 30.3 Å². The second-order valence-electron chi connectivity index (χ2n) is 6.10. The van der Waals surface area contributed by atoms with E-state index < -0.39 is 27.5 Å². The van der Waals surface area contributed by atoms with E-state index in [0.29, 0.717) is 0 Å². The second kappa shape index (κ2) is 8.22. The van der Waals surface area contributed by atoms with Crippen LogP contribution in [0.15, 0.2) is 64.9 Å². The van der Waals surface area contributed by atoms with Crippen molar-refractivity contribution < 1.29 is 22.0 Å². The van der Waals surface area contributed by atoms with E-state index >= 15 is 0 Å². The molecule has 2 aromatic carbocycles. The van der Waals surface area contributed by atoms with Crippen molar-refractivity contribution in [1.82, 2.24) is 4.90 Å². The molecule has 27 heavy (non-hydrogen) atoms. The van der Waals surface area contributed by atoms with Crippen molar-refractivity contribution in [3.8, 4) is 0 Å². The van der Waals surface area contributed by atoms with Crippen LogP contribution in [0.2, 0.25) is 0 Å². The lowest BCUT2D eigenvalue weighted by Crippen LogP contribution is -2.41. The van der Waals surface area contributed by atoms with Gasteiger partial charge in [0.05, 0.1) is 17.5 Å². The van der Waals surface area contributed by atoms with Gasteiger partial charge in [-0.1, -0.05) is 30.3 Å². The second-order valence-corrected chi connectivity index (χ2v) is 9.04. The van der Waals surface area contributed by atoms with E-state index in [1.165, 1.54) is 17.0 Å². The molecular formula is C19H17F2NO3S2. The van der Waals surface area contributed by atoms with E-state index in [2.05, 4.69) is 0 Å². The molecule has 0 bridgehead atoms. The molecule has 0 aliphatic carbocycles. The van der Waals surface area contributed by atoms with Crippen LogP contribution >= 0.6 is 11.8 Å². The first kappa shape index (κ1) is 19.6. The summed E-state index contributed by atoms with van der Waals surface area (Å²) in [7, 11) is -3.33. The predicted octanol–water partition coefficient (Wildman–Crippen LogP) is 3.40. The highest BCUT2D eigenvalue weighted by atomic mass is 32.2.